The normalized spacial score (nSPS) is 14.3. The third kappa shape index (κ3) is 4.23. The van der Waals surface area contributed by atoms with Crippen LogP contribution in [0.25, 0.3) is 10.9 Å². The minimum Gasteiger partial charge on any atom is -0.378 e. The van der Waals surface area contributed by atoms with Crippen LogP contribution in [0.4, 0.5) is 11.5 Å². The molecule has 0 unspecified atom stereocenters. The molecular formula is C21H22N4O2. The molecule has 0 spiro atoms. The van der Waals surface area contributed by atoms with E-state index in [0.29, 0.717) is 19.6 Å². The molecule has 4 rings (SSSR count). The number of carbonyl (C=O) groups excluding carboxylic acids is 1. The molecular weight excluding hydrogens is 340 g/mol. The first-order valence-corrected chi connectivity index (χ1v) is 9.21. The van der Waals surface area contributed by atoms with Gasteiger partial charge in [-0.3, -0.25) is 4.79 Å². The lowest BCUT2D eigenvalue weighted by Crippen LogP contribution is -2.36. The second kappa shape index (κ2) is 8.14. The van der Waals surface area contributed by atoms with Gasteiger partial charge < -0.3 is 15.0 Å². The molecule has 1 fully saturated rings. The van der Waals surface area contributed by atoms with Crippen molar-refractivity contribution in [1.29, 1.82) is 0 Å². The Balaban J connectivity index is 1.46. The lowest BCUT2D eigenvalue weighted by molar-refractivity contribution is -0.116. The van der Waals surface area contributed by atoms with Crippen molar-refractivity contribution in [3.8, 4) is 0 Å². The summed E-state index contributed by atoms with van der Waals surface area (Å²) >= 11 is 0. The first kappa shape index (κ1) is 17.4. The standard InChI is InChI=1S/C21H22N4O2/c26-20(9-6-16-4-2-1-3-5-16)24-17-7-8-18-19(14-17)22-15-23-21(18)25-10-12-27-13-11-25/h1-5,7-8,14-15H,6,9-13H2,(H,24,26). The van der Waals surface area contributed by atoms with Crippen molar-refractivity contribution >= 4 is 28.3 Å². The van der Waals surface area contributed by atoms with Crippen molar-refractivity contribution in [3.63, 3.8) is 0 Å². The number of amides is 1. The van der Waals surface area contributed by atoms with Gasteiger partial charge in [0.05, 0.1) is 18.7 Å². The first-order chi connectivity index (χ1) is 13.3. The smallest absolute Gasteiger partial charge is 0.224 e. The molecule has 0 aliphatic carbocycles. The Morgan fingerprint density at radius 2 is 1.89 bits per heavy atom. The highest BCUT2D eigenvalue weighted by molar-refractivity contribution is 5.96. The fourth-order valence-electron chi connectivity index (χ4n) is 3.27. The van der Waals surface area contributed by atoms with E-state index >= 15 is 0 Å². The van der Waals surface area contributed by atoms with Gasteiger partial charge in [-0.2, -0.15) is 0 Å². The molecule has 27 heavy (non-hydrogen) atoms. The number of rotatable bonds is 5. The van der Waals surface area contributed by atoms with Crippen LogP contribution in [0, 0.1) is 0 Å². The number of hydrogen-bond acceptors (Lipinski definition) is 5. The van der Waals surface area contributed by atoms with Crippen LogP contribution in [0.2, 0.25) is 0 Å². The third-order valence-electron chi connectivity index (χ3n) is 4.69. The summed E-state index contributed by atoms with van der Waals surface area (Å²) in [5, 5.41) is 3.96. The molecule has 1 aliphatic rings. The number of nitrogens with one attached hydrogen (secondary N) is 1. The van der Waals surface area contributed by atoms with Gasteiger partial charge in [0.2, 0.25) is 5.91 Å². The van der Waals surface area contributed by atoms with E-state index in [2.05, 4.69) is 20.2 Å². The summed E-state index contributed by atoms with van der Waals surface area (Å²) in [6.07, 6.45) is 2.75. The van der Waals surface area contributed by atoms with Gasteiger partial charge >= 0.3 is 0 Å². The number of benzene rings is 2. The summed E-state index contributed by atoms with van der Waals surface area (Å²) in [4.78, 5) is 23.3. The predicted octanol–water partition coefficient (Wildman–Crippen LogP) is 3.04. The van der Waals surface area contributed by atoms with Gasteiger partial charge in [0.25, 0.3) is 0 Å². The topological polar surface area (TPSA) is 67.4 Å². The molecule has 1 aliphatic heterocycles. The molecule has 1 amide bonds. The Hall–Kier alpha value is -2.99. The zero-order chi connectivity index (χ0) is 18.5. The van der Waals surface area contributed by atoms with Gasteiger partial charge in [-0.15, -0.1) is 0 Å². The molecule has 0 bridgehead atoms. The lowest BCUT2D eigenvalue weighted by Gasteiger charge is -2.28. The molecule has 6 nitrogen and oxygen atoms in total. The van der Waals surface area contributed by atoms with Crippen molar-refractivity contribution in [3.05, 3.63) is 60.4 Å². The summed E-state index contributed by atoms with van der Waals surface area (Å²) in [5.74, 6) is 0.922. The van der Waals surface area contributed by atoms with Crippen molar-refractivity contribution in [1.82, 2.24) is 9.97 Å². The molecule has 1 N–H and O–H groups in total. The molecule has 1 saturated heterocycles. The number of hydrogen-bond donors (Lipinski definition) is 1. The van der Waals surface area contributed by atoms with Crippen LogP contribution in [-0.2, 0) is 16.0 Å². The summed E-state index contributed by atoms with van der Waals surface area (Å²) in [6, 6.07) is 15.8. The monoisotopic (exact) mass is 362 g/mol. The first-order valence-electron chi connectivity index (χ1n) is 9.21. The van der Waals surface area contributed by atoms with Crippen LogP contribution >= 0.6 is 0 Å². The van der Waals surface area contributed by atoms with Crippen molar-refractivity contribution in [2.75, 3.05) is 36.5 Å². The molecule has 2 heterocycles. The molecule has 2 aromatic carbocycles. The van der Waals surface area contributed by atoms with Gasteiger partial charge in [-0.1, -0.05) is 30.3 Å². The molecule has 0 radical (unpaired) electrons. The SMILES string of the molecule is O=C(CCc1ccccc1)Nc1ccc2c(N3CCOCC3)ncnc2c1. The average molecular weight is 362 g/mol. The fraction of sp³-hybridized carbons (Fsp3) is 0.286. The highest BCUT2D eigenvalue weighted by Crippen LogP contribution is 2.26. The van der Waals surface area contributed by atoms with Crippen LogP contribution in [-0.4, -0.2) is 42.2 Å². The number of aromatic nitrogens is 2. The minimum absolute atomic E-state index is 0.000613. The van der Waals surface area contributed by atoms with E-state index in [1.54, 1.807) is 6.33 Å². The Labute approximate surface area is 158 Å². The fourth-order valence-corrected chi connectivity index (χ4v) is 3.27. The molecule has 1 aromatic heterocycles. The van der Waals surface area contributed by atoms with Gasteiger partial charge in [0.15, 0.2) is 0 Å². The Morgan fingerprint density at radius 3 is 2.70 bits per heavy atom. The predicted molar refractivity (Wildman–Crippen MR) is 106 cm³/mol. The van der Waals surface area contributed by atoms with Gasteiger partial charge in [-0.25, -0.2) is 9.97 Å². The number of aryl methyl sites for hydroxylation is 1. The number of carbonyl (C=O) groups is 1. The van der Waals surface area contributed by atoms with Crippen LogP contribution < -0.4 is 10.2 Å². The minimum atomic E-state index is 0.000613. The van der Waals surface area contributed by atoms with E-state index in [1.165, 1.54) is 0 Å². The number of anilines is 2. The van der Waals surface area contributed by atoms with Gasteiger partial charge in [0.1, 0.15) is 12.1 Å². The van der Waals surface area contributed by atoms with E-state index < -0.39 is 0 Å². The van der Waals surface area contributed by atoms with Crippen LogP contribution in [0.5, 0.6) is 0 Å². The van der Waals surface area contributed by atoms with Crippen LogP contribution in [0.3, 0.4) is 0 Å². The van der Waals surface area contributed by atoms with E-state index in [9.17, 15) is 4.79 Å². The van der Waals surface area contributed by atoms with Crippen molar-refractivity contribution < 1.29 is 9.53 Å². The Morgan fingerprint density at radius 1 is 1.07 bits per heavy atom. The number of fused-ring (bicyclic) bond motifs is 1. The van der Waals surface area contributed by atoms with E-state index in [-0.39, 0.29) is 5.91 Å². The van der Waals surface area contributed by atoms with E-state index in [4.69, 9.17) is 4.74 Å². The van der Waals surface area contributed by atoms with E-state index in [0.717, 1.165) is 47.5 Å². The quantitative estimate of drug-likeness (QED) is 0.756. The second-order valence-electron chi connectivity index (χ2n) is 6.56. The van der Waals surface area contributed by atoms with Crippen LogP contribution in [0.15, 0.2) is 54.9 Å². The highest BCUT2D eigenvalue weighted by atomic mass is 16.5. The summed E-state index contributed by atoms with van der Waals surface area (Å²) in [7, 11) is 0. The summed E-state index contributed by atoms with van der Waals surface area (Å²) < 4.78 is 5.42. The zero-order valence-electron chi connectivity index (χ0n) is 15.1. The Bertz CT molecular complexity index is 924. The van der Waals surface area contributed by atoms with Crippen molar-refractivity contribution in [2.45, 2.75) is 12.8 Å². The molecule has 3 aromatic rings. The number of morpholine rings is 1. The maximum atomic E-state index is 12.3. The third-order valence-corrected chi connectivity index (χ3v) is 4.69. The van der Waals surface area contributed by atoms with E-state index in [1.807, 2.05) is 48.5 Å². The summed E-state index contributed by atoms with van der Waals surface area (Å²) in [5.41, 5.74) is 2.74. The van der Waals surface area contributed by atoms with Crippen LogP contribution in [0.1, 0.15) is 12.0 Å². The Kier molecular flexibility index (Phi) is 5.25. The maximum Gasteiger partial charge on any atom is 0.224 e. The summed E-state index contributed by atoms with van der Waals surface area (Å²) in [6.45, 7) is 3.07. The average Bonchev–Trinajstić information content (AvgIpc) is 2.73. The number of nitrogens with zero attached hydrogens (tertiary/aromatic N) is 3. The van der Waals surface area contributed by atoms with Gasteiger partial charge in [-0.05, 0) is 30.2 Å². The largest absolute Gasteiger partial charge is 0.378 e. The number of ether oxygens (including phenoxy) is 1. The maximum absolute atomic E-state index is 12.3. The molecule has 0 atom stereocenters. The molecule has 138 valence electrons. The lowest BCUT2D eigenvalue weighted by atomic mass is 10.1. The van der Waals surface area contributed by atoms with Gasteiger partial charge in [0, 0.05) is 30.6 Å². The zero-order valence-corrected chi connectivity index (χ0v) is 15.1. The second-order valence-corrected chi connectivity index (χ2v) is 6.56. The van der Waals surface area contributed by atoms with Crippen molar-refractivity contribution in [2.24, 2.45) is 0 Å². The molecule has 0 saturated carbocycles. The highest BCUT2D eigenvalue weighted by Gasteiger charge is 2.16. The molecule has 6 heteroatoms.